The number of hydrogen-bond donors (Lipinski definition) is 3. The van der Waals surface area contributed by atoms with Gasteiger partial charge in [-0.2, -0.15) is 0 Å². The van der Waals surface area contributed by atoms with Gasteiger partial charge >= 0.3 is 0 Å². The van der Waals surface area contributed by atoms with Crippen LogP contribution in [0.2, 0.25) is 0 Å². The van der Waals surface area contributed by atoms with Crippen LogP contribution >= 0.6 is 69.6 Å². The van der Waals surface area contributed by atoms with E-state index >= 15 is 0 Å². The number of hydrogen-bond acceptors (Lipinski definition) is 2. The van der Waals surface area contributed by atoms with Gasteiger partial charge in [-0.05, 0) is 59.1 Å². The van der Waals surface area contributed by atoms with E-state index in [0.29, 0.717) is 0 Å². The molecule has 0 saturated heterocycles. The number of carbonyl (C=O) groups is 1. The normalized spacial score (nSPS) is 13.2. The van der Waals surface area contributed by atoms with Crippen LogP contribution in [0.4, 0.5) is 5.69 Å². The second-order valence-electron chi connectivity index (χ2n) is 5.80. The molecule has 0 unspecified atom stereocenters. The van der Waals surface area contributed by atoms with Crippen LogP contribution in [0.5, 0.6) is 0 Å². The van der Waals surface area contributed by atoms with Gasteiger partial charge in [0.1, 0.15) is 6.17 Å². The molecular weight excluding hydrogens is 492 g/mol. The predicted octanol–water partition coefficient (Wildman–Crippen LogP) is 4.44. The molecule has 0 radical (unpaired) electrons. The van der Waals surface area contributed by atoms with Crippen LogP contribution in [0.1, 0.15) is 20.8 Å². The highest BCUT2D eigenvalue weighted by Crippen LogP contribution is 2.30. The monoisotopic (exact) mass is 507 g/mol. The SMILES string of the molecule is CC(C)(C)C(=O)N[C@H](NC(=S)Nc1ccc(I)cc1)C(Cl)(Cl)Cl. The van der Waals surface area contributed by atoms with Crippen molar-refractivity contribution in [2.24, 2.45) is 5.41 Å². The second kappa shape index (κ2) is 8.38. The molecule has 0 heterocycles. The molecule has 1 aromatic rings. The Labute approximate surface area is 170 Å². The lowest BCUT2D eigenvalue weighted by molar-refractivity contribution is -0.129. The number of alkyl halides is 3. The average Bonchev–Trinajstić information content (AvgIpc) is 2.38. The van der Waals surface area contributed by atoms with Crippen molar-refractivity contribution in [2.75, 3.05) is 5.32 Å². The summed E-state index contributed by atoms with van der Waals surface area (Å²) in [6.45, 7) is 5.29. The van der Waals surface area contributed by atoms with Gasteiger partial charge in [0.05, 0.1) is 0 Å². The highest BCUT2D eigenvalue weighted by atomic mass is 127. The van der Waals surface area contributed by atoms with Crippen molar-refractivity contribution >= 4 is 86.3 Å². The maximum Gasteiger partial charge on any atom is 0.228 e. The van der Waals surface area contributed by atoms with E-state index in [0.717, 1.165) is 9.26 Å². The summed E-state index contributed by atoms with van der Waals surface area (Å²) in [6.07, 6.45) is -0.969. The third-order valence-electron chi connectivity index (χ3n) is 2.66. The van der Waals surface area contributed by atoms with Crippen LogP contribution in [0, 0.1) is 8.99 Å². The van der Waals surface area contributed by atoms with Gasteiger partial charge in [0.15, 0.2) is 5.11 Å². The molecule has 0 spiro atoms. The summed E-state index contributed by atoms with van der Waals surface area (Å²) in [5.41, 5.74) is 0.161. The summed E-state index contributed by atoms with van der Waals surface area (Å²) in [7, 11) is 0. The first kappa shape index (κ1) is 21.0. The molecular formula is C14H17Cl3IN3OS. The zero-order valence-electron chi connectivity index (χ0n) is 12.7. The minimum absolute atomic E-state index is 0.233. The number of thiocarbonyl (C=S) groups is 1. The Kier molecular flexibility index (Phi) is 7.66. The lowest BCUT2D eigenvalue weighted by Crippen LogP contribution is -2.58. The Morgan fingerprint density at radius 1 is 1.13 bits per heavy atom. The first-order valence-corrected chi connectivity index (χ1v) is 9.22. The summed E-state index contributed by atoms with van der Waals surface area (Å²) < 4.78 is -0.665. The molecule has 0 bridgehead atoms. The number of benzene rings is 1. The van der Waals surface area contributed by atoms with Crippen molar-refractivity contribution in [3.8, 4) is 0 Å². The number of nitrogens with one attached hydrogen (secondary N) is 3. The Bertz CT molecular complexity index is 570. The number of anilines is 1. The molecule has 3 N–H and O–H groups in total. The molecule has 1 amide bonds. The van der Waals surface area contributed by atoms with Gasteiger partial charge in [0.2, 0.25) is 9.70 Å². The van der Waals surface area contributed by atoms with Crippen LogP contribution in [0.15, 0.2) is 24.3 Å². The van der Waals surface area contributed by atoms with Crippen LogP contribution in [0.3, 0.4) is 0 Å². The van der Waals surface area contributed by atoms with E-state index in [-0.39, 0.29) is 11.0 Å². The number of carbonyl (C=O) groups excluding carboxylic acids is 1. The average molecular weight is 509 g/mol. The van der Waals surface area contributed by atoms with Crippen LogP contribution in [-0.4, -0.2) is 21.0 Å². The zero-order valence-corrected chi connectivity index (χ0v) is 18.0. The van der Waals surface area contributed by atoms with Gasteiger partial charge < -0.3 is 16.0 Å². The van der Waals surface area contributed by atoms with Crippen molar-refractivity contribution in [2.45, 2.75) is 30.7 Å². The molecule has 0 aromatic heterocycles. The Morgan fingerprint density at radius 2 is 1.65 bits per heavy atom. The topological polar surface area (TPSA) is 53.2 Å². The first-order chi connectivity index (χ1) is 10.4. The van der Waals surface area contributed by atoms with E-state index < -0.39 is 15.4 Å². The second-order valence-corrected chi connectivity index (χ2v) is 9.83. The summed E-state index contributed by atoms with van der Waals surface area (Å²) in [4.78, 5) is 12.1. The van der Waals surface area contributed by atoms with Crippen molar-refractivity contribution < 1.29 is 4.79 Å². The molecule has 1 atom stereocenters. The minimum atomic E-state index is -1.77. The fourth-order valence-corrected chi connectivity index (χ4v) is 2.30. The summed E-state index contributed by atoms with van der Waals surface area (Å²) in [6, 6.07) is 7.60. The first-order valence-electron chi connectivity index (χ1n) is 6.60. The highest BCUT2D eigenvalue weighted by Gasteiger charge is 2.36. The summed E-state index contributed by atoms with van der Waals surface area (Å²) in [5, 5.41) is 8.67. The molecule has 1 rings (SSSR count). The molecule has 4 nitrogen and oxygen atoms in total. The van der Waals surface area contributed by atoms with E-state index in [9.17, 15) is 4.79 Å². The summed E-state index contributed by atoms with van der Waals surface area (Å²) >= 11 is 25.2. The Morgan fingerprint density at radius 3 is 2.09 bits per heavy atom. The minimum Gasteiger partial charge on any atom is -0.339 e. The smallest absolute Gasteiger partial charge is 0.228 e. The van der Waals surface area contributed by atoms with E-state index in [1.165, 1.54) is 0 Å². The molecule has 23 heavy (non-hydrogen) atoms. The Hall–Kier alpha value is -0.0200. The Balaban J connectivity index is 2.75. The highest BCUT2D eigenvalue weighted by molar-refractivity contribution is 14.1. The maximum atomic E-state index is 12.1. The summed E-state index contributed by atoms with van der Waals surface area (Å²) in [5.74, 6) is -0.265. The fraction of sp³-hybridized carbons (Fsp3) is 0.429. The largest absolute Gasteiger partial charge is 0.339 e. The molecule has 9 heteroatoms. The molecule has 0 aliphatic carbocycles. The van der Waals surface area contributed by atoms with Crippen LogP contribution < -0.4 is 16.0 Å². The third-order valence-corrected chi connectivity index (χ3v) is 4.26. The van der Waals surface area contributed by atoms with Gasteiger partial charge in [-0.25, -0.2) is 0 Å². The van der Waals surface area contributed by atoms with E-state index in [1.807, 2.05) is 24.3 Å². The van der Waals surface area contributed by atoms with Gasteiger partial charge in [0, 0.05) is 14.7 Å². The lowest BCUT2D eigenvalue weighted by atomic mass is 9.95. The van der Waals surface area contributed by atoms with Crippen molar-refractivity contribution in [3.05, 3.63) is 27.8 Å². The van der Waals surface area contributed by atoms with Gasteiger partial charge in [-0.15, -0.1) is 0 Å². The molecule has 0 fully saturated rings. The predicted molar refractivity (Wildman–Crippen MR) is 110 cm³/mol. The van der Waals surface area contributed by atoms with Gasteiger partial charge in [-0.3, -0.25) is 4.79 Å². The van der Waals surface area contributed by atoms with Crippen LogP contribution in [-0.2, 0) is 4.79 Å². The number of amides is 1. The third kappa shape index (κ3) is 7.60. The van der Waals surface area contributed by atoms with Crippen molar-refractivity contribution in [1.82, 2.24) is 10.6 Å². The van der Waals surface area contributed by atoms with E-state index in [4.69, 9.17) is 47.0 Å². The molecule has 1 aromatic carbocycles. The number of halogens is 4. The standard InChI is InChI=1S/C14H17Cl3IN3OS/c1-13(2,3)11(22)20-10(14(15,16)17)21-12(23)19-9-6-4-8(18)5-7-9/h4-7,10H,1-3H3,(H,20,22)(H2,19,21,23)/t10-/m1/s1. The molecule has 0 saturated carbocycles. The molecule has 0 aliphatic rings. The fourth-order valence-electron chi connectivity index (χ4n) is 1.38. The van der Waals surface area contributed by atoms with Gasteiger partial charge in [-0.1, -0.05) is 55.6 Å². The van der Waals surface area contributed by atoms with E-state index in [2.05, 4.69) is 38.5 Å². The molecule has 0 aliphatic heterocycles. The van der Waals surface area contributed by atoms with Gasteiger partial charge in [0.25, 0.3) is 0 Å². The quantitative estimate of drug-likeness (QED) is 0.245. The molecule has 128 valence electrons. The maximum absolute atomic E-state index is 12.1. The van der Waals surface area contributed by atoms with Crippen molar-refractivity contribution in [3.63, 3.8) is 0 Å². The lowest BCUT2D eigenvalue weighted by Gasteiger charge is -2.30. The van der Waals surface area contributed by atoms with E-state index in [1.54, 1.807) is 20.8 Å². The van der Waals surface area contributed by atoms with Crippen molar-refractivity contribution in [1.29, 1.82) is 0 Å². The van der Waals surface area contributed by atoms with Crippen LogP contribution in [0.25, 0.3) is 0 Å². The number of rotatable bonds is 3. The zero-order chi connectivity index (χ0) is 17.8.